The van der Waals surface area contributed by atoms with Gasteiger partial charge in [0.25, 0.3) is 11.8 Å². The second-order valence-electron chi connectivity index (χ2n) is 8.02. The van der Waals surface area contributed by atoms with Crippen LogP contribution in [0.25, 0.3) is 10.9 Å². The van der Waals surface area contributed by atoms with E-state index in [1.807, 2.05) is 6.07 Å². The molecule has 2 aromatic heterocycles. The normalized spacial score (nSPS) is 12.7. The minimum absolute atomic E-state index is 0.0962. The number of carbonyl (C=O) groups excluding carboxylic acids is 2. The lowest BCUT2D eigenvalue weighted by Gasteiger charge is -2.22. The number of fused-ring (bicyclic) bond motifs is 1. The Balaban J connectivity index is 1.53. The summed E-state index contributed by atoms with van der Waals surface area (Å²) >= 11 is 6.09. The summed E-state index contributed by atoms with van der Waals surface area (Å²) in [6, 6.07) is 17.0. The highest BCUT2D eigenvalue weighted by molar-refractivity contribution is 6.31. The first-order chi connectivity index (χ1) is 16.9. The van der Waals surface area contributed by atoms with E-state index in [1.165, 1.54) is 6.20 Å². The molecule has 8 nitrogen and oxygen atoms in total. The van der Waals surface area contributed by atoms with Gasteiger partial charge in [-0.1, -0.05) is 29.8 Å². The number of hydrogen-bond donors (Lipinski definition) is 3. The number of carbonyl (C=O) groups is 2. The van der Waals surface area contributed by atoms with E-state index in [4.69, 9.17) is 16.3 Å². The Labute approximate surface area is 207 Å². The fourth-order valence-electron chi connectivity index (χ4n) is 3.85. The number of amides is 2. The predicted octanol–water partition coefficient (Wildman–Crippen LogP) is 3.56. The predicted molar refractivity (Wildman–Crippen MR) is 133 cm³/mol. The zero-order chi connectivity index (χ0) is 24.9. The molecule has 0 fully saturated rings. The average Bonchev–Trinajstić information content (AvgIpc) is 3.21. The quantitative estimate of drug-likeness (QED) is 0.349. The molecule has 9 heteroatoms. The molecule has 35 heavy (non-hydrogen) atoms. The maximum Gasteiger partial charge on any atom is 0.268 e. The van der Waals surface area contributed by atoms with Crippen molar-refractivity contribution >= 4 is 34.3 Å². The zero-order valence-corrected chi connectivity index (χ0v) is 20.0. The number of hydrogen-bond acceptors (Lipinski definition) is 5. The van der Waals surface area contributed by atoms with Crippen LogP contribution in [0, 0.1) is 0 Å². The number of aromatic nitrogens is 2. The summed E-state index contributed by atoms with van der Waals surface area (Å²) in [5, 5.41) is 17.6. The monoisotopic (exact) mass is 492 g/mol. The van der Waals surface area contributed by atoms with Crippen molar-refractivity contribution in [2.75, 3.05) is 13.7 Å². The van der Waals surface area contributed by atoms with Crippen molar-refractivity contribution in [1.82, 2.24) is 20.2 Å². The minimum atomic E-state index is -1.40. The number of aliphatic hydroxyl groups excluding tert-OH is 1. The van der Waals surface area contributed by atoms with Crippen molar-refractivity contribution < 1.29 is 19.4 Å². The molecule has 2 atom stereocenters. The maximum atomic E-state index is 13.0. The van der Waals surface area contributed by atoms with Gasteiger partial charge < -0.3 is 25.0 Å². The van der Waals surface area contributed by atoms with Crippen LogP contribution in [0.2, 0.25) is 5.02 Å². The lowest BCUT2D eigenvalue weighted by Crippen LogP contribution is -2.40. The van der Waals surface area contributed by atoms with Crippen molar-refractivity contribution in [2.24, 2.45) is 7.05 Å². The van der Waals surface area contributed by atoms with Gasteiger partial charge in [-0.05, 0) is 48.0 Å². The summed E-state index contributed by atoms with van der Waals surface area (Å²) in [7, 11) is 3.37. The van der Waals surface area contributed by atoms with Gasteiger partial charge in [0, 0.05) is 47.5 Å². The van der Waals surface area contributed by atoms with E-state index in [1.54, 1.807) is 79.5 Å². The fourth-order valence-corrected chi connectivity index (χ4v) is 4.03. The number of halogens is 1. The lowest BCUT2D eigenvalue weighted by atomic mass is 10.0. The second kappa shape index (κ2) is 10.6. The molecule has 0 aliphatic heterocycles. The van der Waals surface area contributed by atoms with Gasteiger partial charge in [-0.2, -0.15) is 0 Å². The van der Waals surface area contributed by atoms with Crippen LogP contribution >= 0.6 is 11.6 Å². The van der Waals surface area contributed by atoms with Crippen molar-refractivity contribution in [2.45, 2.75) is 12.1 Å². The van der Waals surface area contributed by atoms with Crippen LogP contribution in [0.5, 0.6) is 5.75 Å². The molecule has 2 heterocycles. The van der Waals surface area contributed by atoms with Crippen LogP contribution in [0.4, 0.5) is 0 Å². The summed E-state index contributed by atoms with van der Waals surface area (Å²) in [5.74, 6) is -0.250. The first kappa shape index (κ1) is 24.3. The summed E-state index contributed by atoms with van der Waals surface area (Å²) in [5.41, 5.74) is 2.44. The summed E-state index contributed by atoms with van der Waals surface area (Å²) < 4.78 is 7.00. The number of rotatable bonds is 8. The molecule has 2 unspecified atom stereocenters. The molecule has 0 radical (unpaired) electrons. The van der Waals surface area contributed by atoms with E-state index in [9.17, 15) is 14.7 Å². The largest absolute Gasteiger partial charge is 0.497 e. The van der Waals surface area contributed by atoms with Gasteiger partial charge in [0.05, 0.1) is 13.2 Å². The number of methoxy groups -OCH3 is 1. The van der Waals surface area contributed by atoms with Crippen molar-refractivity contribution in [3.8, 4) is 5.75 Å². The van der Waals surface area contributed by atoms with Crippen LogP contribution in [0.1, 0.15) is 33.8 Å². The second-order valence-corrected chi connectivity index (χ2v) is 8.46. The Bertz CT molecular complexity index is 1340. The maximum absolute atomic E-state index is 13.0. The number of aliphatic hydroxyl groups is 1. The number of benzene rings is 2. The first-order valence-corrected chi connectivity index (χ1v) is 11.3. The first-order valence-electron chi connectivity index (χ1n) is 10.9. The number of ether oxygens (including phenoxy) is 1. The van der Waals surface area contributed by atoms with Gasteiger partial charge in [0.2, 0.25) is 0 Å². The molecule has 0 spiro atoms. The molecular weight excluding hydrogens is 468 g/mol. The molecule has 0 aliphatic carbocycles. The highest BCUT2D eigenvalue weighted by atomic mass is 35.5. The van der Waals surface area contributed by atoms with Gasteiger partial charge in [0.1, 0.15) is 11.4 Å². The van der Waals surface area contributed by atoms with Gasteiger partial charge in [-0.25, -0.2) is 0 Å². The molecule has 0 aliphatic rings. The summed E-state index contributed by atoms with van der Waals surface area (Å²) in [4.78, 5) is 29.8. The Kier molecular flexibility index (Phi) is 7.33. The molecule has 2 amide bonds. The fraction of sp³-hybridized carbons (Fsp3) is 0.192. The Morgan fingerprint density at radius 2 is 1.89 bits per heavy atom. The van der Waals surface area contributed by atoms with Crippen molar-refractivity contribution in [3.05, 3.63) is 94.9 Å². The third kappa shape index (κ3) is 5.45. The van der Waals surface area contributed by atoms with E-state index in [-0.39, 0.29) is 12.5 Å². The number of nitrogens with zero attached hydrogens (tertiary/aromatic N) is 2. The molecule has 0 saturated heterocycles. The van der Waals surface area contributed by atoms with Crippen LogP contribution in [-0.2, 0) is 11.8 Å². The average molecular weight is 493 g/mol. The molecule has 4 rings (SSSR count). The van der Waals surface area contributed by atoms with Gasteiger partial charge in [0.15, 0.2) is 6.10 Å². The number of aryl methyl sites for hydroxylation is 1. The van der Waals surface area contributed by atoms with E-state index < -0.39 is 18.1 Å². The minimum Gasteiger partial charge on any atom is -0.497 e. The Morgan fingerprint density at radius 1 is 1.11 bits per heavy atom. The van der Waals surface area contributed by atoms with Crippen molar-refractivity contribution in [1.29, 1.82) is 0 Å². The van der Waals surface area contributed by atoms with Gasteiger partial charge in [-0.3, -0.25) is 14.6 Å². The molecular formula is C26H25ClN4O4. The summed E-state index contributed by atoms with van der Waals surface area (Å²) in [6.45, 7) is 0.0962. The Hall–Kier alpha value is -3.88. The topological polar surface area (TPSA) is 105 Å². The molecule has 0 saturated carbocycles. The molecule has 180 valence electrons. The van der Waals surface area contributed by atoms with Crippen molar-refractivity contribution in [3.63, 3.8) is 0 Å². The third-order valence-corrected chi connectivity index (χ3v) is 6.02. The standard InChI is InChI=1S/C26H25ClN4O4/c1-31-22-10-7-19(27)12-18(22)13-23(31)25(33)29-15-21(16-5-8-20(35-2)9-6-16)30-26(34)24(32)17-4-3-11-28-14-17/h3-14,21,24,32H,15H2,1-2H3,(H,29,33)(H,30,34). The SMILES string of the molecule is COc1ccc(C(CNC(=O)c2cc3cc(Cl)ccc3n2C)NC(=O)C(O)c2cccnc2)cc1. The Morgan fingerprint density at radius 3 is 2.57 bits per heavy atom. The highest BCUT2D eigenvalue weighted by Gasteiger charge is 2.23. The highest BCUT2D eigenvalue weighted by Crippen LogP contribution is 2.23. The molecule has 2 aromatic carbocycles. The lowest BCUT2D eigenvalue weighted by molar-refractivity contribution is -0.130. The van der Waals surface area contributed by atoms with E-state index >= 15 is 0 Å². The van der Waals surface area contributed by atoms with E-state index in [0.29, 0.717) is 22.0 Å². The summed E-state index contributed by atoms with van der Waals surface area (Å²) in [6.07, 6.45) is 1.59. The van der Waals surface area contributed by atoms with E-state index in [0.717, 1.165) is 16.5 Å². The zero-order valence-electron chi connectivity index (χ0n) is 19.2. The van der Waals surface area contributed by atoms with Gasteiger partial charge in [-0.15, -0.1) is 0 Å². The third-order valence-electron chi connectivity index (χ3n) is 5.79. The molecule has 0 bridgehead atoms. The van der Waals surface area contributed by atoms with Crippen LogP contribution < -0.4 is 15.4 Å². The number of nitrogens with one attached hydrogen (secondary N) is 2. The van der Waals surface area contributed by atoms with Crippen LogP contribution in [0.15, 0.2) is 73.1 Å². The van der Waals surface area contributed by atoms with Crippen LogP contribution in [0.3, 0.4) is 0 Å². The van der Waals surface area contributed by atoms with Crippen LogP contribution in [-0.4, -0.2) is 40.1 Å². The number of pyridine rings is 1. The van der Waals surface area contributed by atoms with Gasteiger partial charge >= 0.3 is 0 Å². The van der Waals surface area contributed by atoms with E-state index in [2.05, 4.69) is 15.6 Å². The smallest absolute Gasteiger partial charge is 0.268 e. The molecule has 3 N–H and O–H groups in total. The molecule has 4 aromatic rings.